The van der Waals surface area contributed by atoms with Gasteiger partial charge in [-0.2, -0.15) is 0 Å². The molecule has 0 aliphatic rings. The van der Waals surface area contributed by atoms with E-state index < -0.39 is 0 Å². The van der Waals surface area contributed by atoms with Crippen molar-refractivity contribution in [3.63, 3.8) is 0 Å². The maximum atomic E-state index is 2.46. The van der Waals surface area contributed by atoms with Crippen LogP contribution in [0.2, 0.25) is 0 Å². The standard InChI is InChI=1S/C60H36/c1-4-16-40-31-58-52(34-43-19-7-10-22-49(43)55(58)28-37(40)13-1)46-25-47(53-35-44-20-8-11-23-50(44)56-29-38-14-2-5-17-41(38)32-59(53)56)27-48(26-46)54-36-45-21-9-12-24-51(45)57-30-39-15-3-6-18-42(39)33-60(54)57/h1-36H. The second-order valence-electron chi connectivity index (χ2n) is 16.5. The van der Waals surface area contributed by atoms with Crippen LogP contribution in [0.15, 0.2) is 218 Å². The second kappa shape index (κ2) is 12.9. The van der Waals surface area contributed by atoms with Gasteiger partial charge in [-0.05, 0) is 203 Å². The Balaban J connectivity index is 1.19. The van der Waals surface area contributed by atoms with Gasteiger partial charge in [-0.15, -0.1) is 0 Å². The topological polar surface area (TPSA) is 0 Å². The fourth-order valence-corrected chi connectivity index (χ4v) is 10.2. The number of rotatable bonds is 3. The van der Waals surface area contributed by atoms with Gasteiger partial charge in [0, 0.05) is 0 Å². The van der Waals surface area contributed by atoms with E-state index in [0.717, 1.165) is 0 Å². The predicted molar refractivity (Wildman–Crippen MR) is 260 cm³/mol. The van der Waals surface area contributed by atoms with Crippen LogP contribution in [0.25, 0.3) is 130 Å². The Hall–Kier alpha value is -7.80. The second-order valence-corrected chi connectivity index (χ2v) is 16.5. The molecule has 13 rings (SSSR count). The maximum absolute atomic E-state index is 2.46. The van der Waals surface area contributed by atoms with Gasteiger partial charge in [0.05, 0.1) is 0 Å². The van der Waals surface area contributed by atoms with E-state index in [9.17, 15) is 0 Å². The first-order valence-electron chi connectivity index (χ1n) is 20.9. The first kappa shape index (κ1) is 33.2. The molecule has 0 heteroatoms. The van der Waals surface area contributed by atoms with Crippen LogP contribution in [0.3, 0.4) is 0 Å². The Bertz CT molecular complexity index is 3520. The quantitative estimate of drug-likeness (QED) is 0.124. The molecule has 0 spiro atoms. The van der Waals surface area contributed by atoms with Crippen molar-refractivity contribution in [2.75, 3.05) is 0 Å². The SMILES string of the molecule is c1ccc2cc3c(cc2c1)c(-c1cc(-c2cc4ccccc4c4cc5ccccc5cc24)cc(-c2cc4ccccc4c4cc5ccccc5cc24)c1)cc1ccccc13. The molecule has 0 fully saturated rings. The number of hydrogen-bond donors (Lipinski definition) is 0. The van der Waals surface area contributed by atoms with Crippen molar-refractivity contribution in [3.8, 4) is 33.4 Å². The first-order chi connectivity index (χ1) is 29.7. The van der Waals surface area contributed by atoms with E-state index in [0.29, 0.717) is 0 Å². The van der Waals surface area contributed by atoms with Gasteiger partial charge in [-0.3, -0.25) is 0 Å². The Kier molecular flexibility index (Phi) is 7.11. The van der Waals surface area contributed by atoms with Gasteiger partial charge in [0.2, 0.25) is 0 Å². The molecular formula is C60H36. The minimum absolute atomic E-state index is 1.21. The molecule has 13 aromatic carbocycles. The fourth-order valence-electron chi connectivity index (χ4n) is 10.2. The summed E-state index contributed by atoms with van der Waals surface area (Å²) in [7, 11) is 0. The molecule has 0 saturated carbocycles. The van der Waals surface area contributed by atoms with E-state index in [1.165, 1.54) is 130 Å². The van der Waals surface area contributed by atoms with Gasteiger partial charge >= 0.3 is 0 Å². The molecule has 0 saturated heterocycles. The van der Waals surface area contributed by atoms with E-state index in [-0.39, 0.29) is 0 Å². The summed E-state index contributed by atoms with van der Waals surface area (Å²) in [5.74, 6) is 0. The summed E-state index contributed by atoms with van der Waals surface area (Å²) in [6.07, 6.45) is 0. The lowest BCUT2D eigenvalue weighted by atomic mass is 9.85. The van der Waals surface area contributed by atoms with Crippen LogP contribution in [0.5, 0.6) is 0 Å². The fraction of sp³-hybridized carbons (Fsp3) is 0. The lowest BCUT2D eigenvalue weighted by molar-refractivity contribution is 1.63. The van der Waals surface area contributed by atoms with Crippen LogP contribution in [0, 0.1) is 0 Å². The van der Waals surface area contributed by atoms with Crippen LogP contribution in [0.4, 0.5) is 0 Å². The van der Waals surface area contributed by atoms with Crippen molar-refractivity contribution in [2.45, 2.75) is 0 Å². The number of hydrogen-bond acceptors (Lipinski definition) is 0. The van der Waals surface area contributed by atoms with Gasteiger partial charge in [0.25, 0.3) is 0 Å². The third kappa shape index (κ3) is 5.11. The van der Waals surface area contributed by atoms with Gasteiger partial charge in [-0.1, -0.05) is 146 Å². The summed E-state index contributed by atoms with van der Waals surface area (Å²) < 4.78 is 0. The molecule has 60 heavy (non-hydrogen) atoms. The van der Waals surface area contributed by atoms with E-state index in [2.05, 4.69) is 218 Å². The highest BCUT2D eigenvalue weighted by atomic mass is 14.2. The van der Waals surface area contributed by atoms with Crippen LogP contribution in [-0.2, 0) is 0 Å². The zero-order valence-electron chi connectivity index (χ0n) is 32.8. The summed E-state index contributed by atoms with van der Waals surface area (Å²) in [6, 6.07) is 82.0. The lowest BCUT2D eigenvalue weighted by Crippen LogP contribution is -1.92. The van der Waals surface area contributed by atoms with Crippen LogP contribution in [-0.4, -0.2) is 0 Å². The van der Waals surface area contributed by atoms with Crippen LogP contribution < -0.4 is 0 Å². The zero-order valence-corrected chi connectivity index (χ0v) is 32.8. The van der Waals surface area contributed by atoms with Gasteiger partial charge < -0.3 is 0 Å². The number of fused-ring (bicyclic) bond motifs is 12. The summed E-state index contributed by atoms with van der Waals surface area (Å²) in [6.45, 7) is 0. The molecule has 0 unspecified atom stereocenters. The molecule has 0 amide bonds. The molecule has 0 aliphatic heterocycles. The molecule has 0 N–H and O–H groups in total. The van der Waals surface area contributed by atoms with Crippen molar-refractivity contribution < 1.29 is 0 Å². The van der Waals surface area contributed by atoms with Crippen molar-refractivity contribution >= 4 is 97.0 Å². The van der Waals surface area contributed by atoms with Gasteiger partial charge in [0.15, 0.2) is 0 Å². The van der Waals surface area contributed by atoms with E-state index in [4.69, 9.17) is 0 Å². The smallest absolute Gasteiger partial charge is 0.00926 e. The average molecular weight is 757 g/mol. The average Bonchev–Trinajstić information content (AvgIpc) is 3.31. The van der Waals surface area contributed by atoms with E-state index in [1.807, 2.05) is 0 Å². The van der Waals surface area contributed by atoms with Crippen molar-refractivity contribution in [3.05, 3.63) is 218 Å². The summed E-state index contributed by atoms with van der Waals surface area (Å²) in [4.78, 5) is 0. The maximum Gasteiger partial charge on any atom is -0.00926 e. The zero-order chi connectivity index (χ0) is 39.3. The summed E-state index contributed by atoms with van der Waals surface area (Å²) in [5, 5.41) is 22.7. The third-order valence-electron chi connectivity index (χ3n) is 13.0. The molecule has 13 aromatic rings. The van der Waals surface area contributed by atoms with Gasteiger partial charge in [0.1, 0.15) is 0 Å². The highest BCUT2D eigenvalue weighted by Gasteiger charge is 2.18. The molecule has 0 radical (unpaired) electrons. The van der Waals surface area contributed by atoms with Crippen molar-refractivity contribution in [1.29, 1.82) is 0 Å². The largest absolute Gasteiger partial charge is 0.0616 e. The molecule has 0 atom stereocenters. The monoisotopic (exact) mass is 756 g/mol. The highest BCUT2D eigenvalue weighted by Crippen LogP contribution is 2.45. The lowest BCUT2D eigenvalue weighted by Gasteiger charge is -2.19. The molecule has 0 heterocycles. The molecule has 0 bridgehead atoms. The molecule has 0 aliphatic carbocycles. The Morgan fingerprint density at radius 3 is 0.633 bits per heavy atom. The van der Waals surface area contributed by atoms with E-state index in [1.54, 1.807) is 0 Å². The molecule has 0 nitrogen and oxygen atoms in total. The third-order valence-corrected chi connectivity index (χ3v) is 13.0. The summed E-state index contributed by atoms with van der Waals surface area (Å²) >= 11 is 0. The first-order valence-corrected chi connectivity index (χ1v) is 20.9. The molecular weight excluding hydrogens is 721 g/mol. The highest BCUT2D eigenvalue weighted by molar-refractivity contribution is 6.21. The normalized spacial score (nSPS) is 12.0. The minimum Gasteiger partial charge on any atom is -0.0616 e. The minimum atomic E-state index is 1.21. The summed E-state index contributed by atoms with van der Waals surface area (Å²) in [5.41, 5.74) is 7.34. The Morgan fingerprint density at radius 1 is 0.150 bits per heavy atom. The van der Waals surface area contributed by atoms with Gasteiger partial charge in [-0.25, -0.2) is 0 Å². The predicted octanol–water partition coefficient (Wildman–Crippen LogP) is 17.1. The van der Waals surface area contributed by atoms with Crippen molar-refractivity contribution in [2.24, 2.45) is 0 Å². The Morgan fingerprint density at radius 2 is 0.367 bits per heavy atom. The van der Waals surface area contributed by atoms with E-state index >= 15 is 0 Å². The van der Waals surface area contributed by atoms with Crippen LogP contribution in [0.1, 0.15) is 0 Å². The molecule has 276 valence electrons. The van der Waals surface area contributed by atoms with Crippen molar-refractivity contribution in [1.82, 2.24) is 0 Å². The van der Waals surface area contributed by atoms with Crippen LogP contribution >= 0.6 is 0 Å². The Labute approximate surface area is 347 Å². The number of benzene rings is 13. The molecule has 0 aromatic heterocycles.